The van der Waals surface area contributed by atoms with E-state index in [1.807, 2.05) is 42.5 Å². The van der Waals surface area contributed by atoms with E-state index in [4.69, 9.17) is 13.9 Å². The van der Waals surface area contributed by atoms with Gasteiger partial charge in [0.2, 0.25) is 5.56 Å². The smallest absolute Gasteiger partial charge is 0.412 e. The summed E-state index contributed by atoms with van der Waals surface area (Å²) in [5.41, 5.74) is 3.78. The number of carbonyl (C=O) groups excluding carboxylic acids is 1. The Kier molecular flexibility index (Phi) is 18.4. The molecule has 0 saturated carbocycles. The molecule has 0 radical (unpaired) electrons. The summed E-state index contributed by atoms with van der Waals surface area (Å²) in [6.07, 6.45) is 8.39. The van der Waals surface area contributed by atoms with Gasteiger partial charge in [0.15, 0.2) is 14.1 Å². The average molecular weight is 974 g/mol. The molecular formula is C52H67BrF2N4O5Si. The molecule has 2 heterocycles. The summed E-state index contributed by atoms with van der Waals surface area (Å²) in [5.74, 6) is -0.945. The highest BCUT2D eigenvalue weighted by Gasteiger charge is 2.40. The normalized spacial score (nSPS) is 14.5. The van der Waals surface area contributed by atoms with Crippen molar-refractivity contribution in [1.82, 2.24) is 14.8 Å². The van der Waals surface area contributed by atoms with Gasteiger partial charge in [0.1, 0.15) is 24.3 Å². The zero-order valence-electron chi connectivity index (χ0n) is 38.8. The molecule has 6 rings (SSSR count). The number of halogens is 3. The number of anilines is 1. The third kappa shape index (κ3) is 15.1. The van der Waals surface area contributed by atoms with Crippen molar-refractivity contribution in [2.45, 2.75) is 122 Å². The molecule has 5 aromatic rings. The first-order chi connectivity index (χ1) is 31.1. The number of fused-ring (bicyclic) bond motifs is 1. The van der Waals surface area contributed by atoms with Crippen LogP contribution in [0.3, 0.4) is 0 Å². The van der Waals surface area contributed by atoms with E-state index in [0.29, 0.717) is 24.4 Å². The fourth-order valence-electron chi connectivity index (χ4n) is 8.18. The highest BCUT2D eigenvalue weighted by atomic mass is 79.9. The molecule has 1 amide bonds. The summed E-state index contributed by atoms with van der Waals surface area (Å²) in [6.45, 7) is 17.0. The fraction of sp³-hybridized carbons (Fsp3) is 0.462. The number of hydrogen-bond donors (Lipinski definition) is 2. The van der Waals surface area contributed by atoms with Crippen LogP contribution in [0.15, 0.2) is 106 Å². The molecule has 1 fully saturated rings. The Balaban J connectivity index is 1.00. The van der Waals surface area contributed by atoms with Gasteiger partial charge in [-0.15, -0.1) is 0 Å². The molecule has 1 aliphatic rings. The minimum Gasteiger partial charge on any atom is -0.487 e. The van der Waals surface area contributed by atoms with E-state index in [1.54, 1.807) is 6.07 Å². The van der Waals surface area contributed by atoms with E-state index in [2.05, 4.69) is 106 Å². The van der Waals surface area contributed by atoms with Crippen molar-refractivity contribution in [1.29, 1.82) is 0 Å². The van der Waals surface area contributed by atoms with Gasteiger partial charge in [-0.1, -0.05) is 120 Å². The Bertz CT molecular complexity index is 2310. The number of likely N-dealkylation sites (tertiary alicyclic amines) is 1. The van der Waals surface area contributed by atoms with Crippen molar-refractivity contribution in [2.75, 3.05) is 38.0 Å². The van der Waals surface area contributed by atoms with Crippen LogP contribution in [0.5, 0.6) is 5.75 Å². The zero-order chi connectivity index (χ0) is 46.4. The van der Waals surface area contributed by atoms with Crippen molar-refractivity contribution in [3.05, 3.63) is 140 Å². The highest BCUT2D eigenvalue weighted by molar-refractivity contribution is 9.10. The summed E-state index contributed by atoms with van der Waals surface area (Å²) < 4.78 is 46.9. The standard InChI is InChI=1S/C52H67BrF2N4O5Si/c1-52(2,3)65(4,5)64-47(42-23-25-46(49-43(42)24-26-48(60)56-49)62-37-39-21-15-12-16-22-39)36-59(35-38-19-13-11-14-20-38)30-18-10-8-6-7-9-17-29-58-31-27-41(28-32-58)63-51(61)57-50-44(53)33-40(54)34-45(50)55/h11-16,19-26,33-34,41,47H,6-10,17-18,27-32,35-37H2,1-5H3,(H,56,60)(H,57,61)/t47-/m1/s1. The Morgan fingerprint density at radius 2 is 1.52 bits per heavy atom. The fourth-order valence-corrected chi connectivity index (χ4v) is 9.95. The number of carbonyl (C=O) groups is 1. The number of aromatic amines is 1. The van der Waals surface area contributed by atoms with Gasteiger partial charge < -0.3 is 23.8 Å². The molecule has 0 bridgehead atoms. The van der Waals surface area contributed by atoms with Crippen LogP contribution in [0.4, 0.5) is 19.3 Å². The molecule has 4 aromatic carbocycles. The Morgan fingerprint density at radius 1 is 0.877 bits per heavy atom. The van der Waals surface area contributed by atoms with Gasteiger partial charge in [-0.2, -0.15) is 0 Å². The van der Waals surface area contributed by atoms with E-state index >= 15 is 0 Å². The van der Waals surface area contributed by atoms with Gasteiger partial charge in [-0.25, -0.2) is 13.6 Å². The van der Waals surface area contributed by atoms with E-state index in [9.17, 15) is 18.4 Å². The number of H-pyrrole nitrogens is 1. The lowest BCUT2D eigenvalue weighted by molar-refractivity contribution is 0.0584. The largest absolute Gasteiger partial charge is 0.487 e. The second-order valence-electron chi connectivity index (χ2n) is 18.9. The number of nitrogens with zero attached hydrogens (tertiary/aromatic N) is 2. The molecule has 65 heavy (non-hydrogen) atoms. The number of pyridine rings is 1. The SMILES string of the molecule is CC(C)(C)[Si](C)(C)O[C@H](CN(CCCCCCCCCN1CCC(OC(=O)Nc2c(F)cc(F)cc2Br)CC1)Cc1ccccc1)c1ccc(OCc2ccccc2)c2[nH]c(=O)ccc12. The summed E-state index contributed by atoms with van der Waals surface area (Å²) in [6, 6.07) is 30.2. The maximum absolute atomic E-state index is 14.1. The maximum Gasteiger partial charge on any atom is 0.412 e. The summed E-state index contributed by atoms with van der Waals surface area (Å²) in [5, 5.41) is 3.34. The molecule has 2 N–H and O–H groups in total. The number of nitrogens with one attached hydrogen (secondary N) is 2. The highest BCUT2D eigenvalue weighted by Crippen LogP contribution is 2.42. The van der Waals surface area contributed by atoms with Gasteiger partial charge in [-0.05, 0) is 108 Å². The van der Waals surface area contributed by atoms with Gasteiger partial charge in [0, 0.05) is 48.2 Å². The van der Waals surface area contributed by atoms with Crippen LogP contribution in [-0.4, -0.2) is 68.0 Å². The molecule has 1 aromatic heterocycles. The second kappa shape index (κ2) is 23.9. The first-order valence-corrected chi connectivity index (χ1v) is 27.0. The van der Waals surface area contributed by atoms with Crippen LogP contribution in [0.25, 0.3) is 10.9 Å². The average Bonchev–Trinajstić information content (AvgIpc) is 3.26. The number of aromatic nitrogens is 1. The second-order valence-corrected chi connectivity index (χ2v) is 24.5. The predicted octanol–water partition coefficient (Wildman–Crippen LogP) is 13.2. The topological polar surface area (TPSA) is 96.1 Å². The van der Waals surface area contributed by atoms with Crippen molar-refractivity contribution >= 4 is 46.9 Å². The minimum atomic E-state index is -2.25. The molecule has 0 spiro atoms. The molecule has 0 aliphatic carbocycles. The van der Waals surface area contributed by atoms with Crippen LogP contribution >= 0.6 is 15.9 Å². The number of amides is 1. The molecular weight excluding hydrogens is 907 g/mol. The van der Waals surface area contributed by atoms with Crippen molar-refractivity contribution in [3.8, 4) is 5.75 Å². The van der Waals surface area contributed by atoms with Crippen LogP contribution in [0.2, 0.25) is 18.1 Å². The Morgan fingerprint density at radius 3 is 2.18 bits per heavy atom. The molecule has 0 unspecified atom stereocenters. The van der Waals surface area contributed by atoms with Crippen molar-refractivity contribution in [3.63, 3.8) is 0 Å². The van der Waals surface area contributed by atoms with Crippen molar-refractivity contribution in [2.24, 2.45) is 0 Å². The molecule has 13 heteroatoms. The van der Waals surface area contributed by atoms with Crippen LogP contribution in [0.1, 0.15) is 101 Å². The Hall–Kier alpha value is -4.40. The lowest BCUT2D eigenvalue weighted by atomic mass is 10.0. The zero-order valence-corrected chi connectivity index (χ0v) is 41.4. The monoisotopic (exact) mass is 972 g/mol. The third-order valence-corrected chi connectivity index (χ3v) is 18.0. The number of hydrogen-bond acceptors (Lipinski definition) is 7. The summed E-state index contributed by atoms with van der Waals surface area (Å²) >= 11 is 3.10. The number of rotatable bonds is 22. The molecule has 1 atom stereocenters. The minimum absolute atomic E-state index is 0.000523. The first-order valence-electron chi connectivity index (χ1n) is 23.3. The Labute approximate surface area is 393 Å². The summed E-state index contributed by atoms with van der Waals surface area (Å²) in [7, 11) is -2.25. The van der Waals surface area contributed by atoms with E-state index in [1.165, 1.54) is 31.2 Å². The molecule has 1 saturated heterocycles. The number of piperidine rings is 1. The lowest BCUT2D eigenvalue weighted by Gasteiger charge is -2.41. The third-order valence-electron chi connectivity index (χ3n) is 12.9. The van der Waals surface area contributed by atoms with Gasteiger partial charge in [0.05, 0.1) is 17.3 Å². The van der Waals surface area contributed by atoms with Crippen LogP contribution < -0.4 is 15.6 Å². The van der Waals surface area contributed by atoms with Gasteiger partial charge in [-0.3, -0.25) is 15.0 Å². The quantitative estimate of drug-likeness (QED) is 0.0527. The van der Waals surface area contributed by atoms with E-state index in [-0.39, 0.29) is 33.0 Å². The molecule has 1 aliphatic heterocycles. The van der Waals surface area contributed by atoms with E-state index in [0.717, 1.165) is 93.5 Å². The number of benzene rings is 4. The van der Waals surface area contributed by atoms with E-state index < -0.39 is 26.0 Å². The first kappa shape index (κ1) is 50.0. The molecule has 350 valence electrons. The van der Waals surface area contributed by atoms with Gasteiger partial charge >= 0.3 is 6.09 Å². The molecule has 9 nitrogen and oxygen atoms in total. The maximum atomic E-state index is 14.1. The number of unbranched alkanes of at least 4 members (excludes halogenated alkanes) is 6. The van der Waals surface area contributed by atoms with Crippen LogP contribution in [0, 0.1) is 11.6 Å². The summed E-state index contributed by atoms with van der Waals surface area (Å²) in [4.78, 5) is 33.3. The lowest BCUT2D eigenvalue weighted by Crippen LogP contribution is -2.44. The van der Waals surface area contributed by atoms with Crippen LogP contribution in [-0.2, 0) is 22.3 Å². The van der Waals surface area contributed by atoms with Crippen molar-refractivity contribution < 1.29 is 27.5 Å². The van der Waals surface area contributed by atoms with Gasteiger partial charge in [0.25, 0.3) is 0 Å². The predicted molar refractivity (Wildman–Crippen MR) is 264 cm³/mol. The number of ether oxygens (including phenoxy) is 2.